The number of pyridine rings is 1. The van der Waals surface area contributed by atoms with Gasteiger partial charge in [0.25, 0.3) is 5.56 Å². The number of ether oxygens (including phenoxy) is 1. The molecule has 0 fully saturated rings. The van der Waals surface area contributed by atoms with Crippen LogP contribution >= 0.6 is 0 Å². The van der Waals surface area contributed by atoms with E-state index in [2.05, 4.69) is 5.10 Å². The number of aryl methyl sites for hydroxylation is 2. The summed E-state index contributed by atoms with van der Waals surface area (Å²) in [6.07, 6.45) is 5.87. The third kappa shape index (κ3) is 1.95. The second-order valence-electron chi connectivity index (χ2n) is 4.77. The van der Waals surface area contributed by atoms with Crippen molar-refractivity contribution in [2.45, 2.75) is 26.3 Å². The highest BCUT2D eigenvalue weighted by molar-refractivity contribution is 5.71. The first-order valence-electron chi connectivity index (χ1n) is 6.59. The molecule has 1 aliphatic rings. The third-order valence-corrected chi connectivity index (χ3v) is 3.51. The summed E-state index contributed by atoms with van der Waals surface area (Å²) in [7, 11) is 1.76. The van der Waals surface area contributed by atoms with Crippen molar-refractivity contribution in [3.05, 3.63) is 34.5 Å². The van der Waals surface area contributed by atoms with E-state index in [9.17, 15) is 4.79 Å². The van der Waals surface area contributed by atoms with E-state index in [1.165, 1.54) is 5.69 Å². The van der Waals surface area contributed by atoms with E-state index in [1.54, 1.807) is 17.7 Å². The fourth-order valence-electron chi connectivity index (χ4n) is 2.58. The van der Waals surface area contributed by atoms with E-state index < -0.39 is 0 Å². The molecule has 0 aromatic carbocycles. The first kappa shape index (κ1) is 12.0. The maximum Gasteiger partial charge on any atom is 0.254 e. The Morgan fingerprint density at radius 2 is 2.26 bits per heavy atom. The van der Waals surface area contributed by atoms with Crippen molar-refractivity contribution < 1.29 is 4.74 Å². The normalized spacial score (nSPS) is 13.6. The molecule has 0 aliphatic carbocycles. The van der Waals surface area contributed by atoms with Crippen LogP contribution in [0.1, 0.15) is 19.0 Å². The van der Waals surface area contributed by atoms with E-state index in [0.717, 1.165) is 30.5 Å². The van der Waals surface area contributed by atoms with Gasteiger partial charge in [-0.05, 0) is 19.8 Å². The van der Waals surface area contributed by atoms with E-state index in [-0.39, 0.29) is 5.56 Å². The van der Waals surface area contributed by atoms with Crippen LogP contribution in [0.4, 0.5) is 0 Å². The van der Waals surface area contributed by atoms with Gasteiger partial charge < -0.3 is 9.30 Å². The molecule has 2 aromatic rings. The predicted octanol–water partition coefficient (Wildman–Crippen LogP) is 1.59. The van der Waals surface area contributed by atoms with Gasteiger partial charge in [-0.1, -0.05) is 0 Å². The van der Waals surface area contributed by atoms with Gasteiger partial charge >= 0.3 is 0 Å². The number of nitrogens with zero attached hydrogens (tertiary/aromatic N) is 3. The first-order valence-corrected chi connectivity index (χ1v) is 6.59. The quantitative estimate of drug-likeness (QED) is 0.841. The number of fused-ring (bicyclic) bond motifs is 1. The number of hydrogen-bond donors (Lipinski definition) is 0. The topological polar surface area (TPSA) is 49.1 Å². The summed E-state index contributed by atoms with van der Waals surface area (Å²) < 4.78 is 9.22. The molecule has 0 radical (unpaired) electrons. The van der Waals surface area contributed by atoms with Crippen LogP contribution in [0.2, 0.25) is 0 Å². The molecule has 0 bridgehead atoms. The molecule has 3 rings (SSSR count). The van der Waals surface area contributed by atoms with Crippen LogP contribution in [0, 0.1) is 0 Å². The molecule has 0 amide bonds. The maximum atomic E-state index is 11.7. The van der Waals surface area contributed by atoms with Crippen molar-refractivity contribution in [3.8, 4) is 16.9 Å². The molecule has 0 N–H and O–H groups in total. The zero-order valence-electron chi connectivity index (χ0n) is 11.2. The largest absolute Gasteiger partial charge is 0.493 e. The average molecular weight is 259 g/mol. The van der Waals surface area contributed by atoms with Gasteiger partial charge in [0.2, 0.25) is 0 Å². The Morgan fingerprint density at radius 1 is 1.42 bits per heavy atom. The average Bonchev–Trinajstić information content (AvgIpc) is 2.96. The van der Waals surface area contributed by atoms with Crippen molar-refractivity contribution in [1.82, 2.24) is 14.3 Å². The molecule has 0 saturated heterocycles. The molecule has 2 aromatic heterocycles. The summed E-state index contributed by atoms with van der Waals surface area (Å²) in [4.78, 5) is 11.7. The minimum absolute atomic E-state index is 0.0592. The Balaban J connectivity index is 2.17. The lowest BCUT2D eigenvalue weighted by Crippen LogP contribution is -2.16. The van der Waals surface area contributed by atoms with Gasteiger partial charge in [-0.3, -0.25) is 9.48 Å². The fourth-order valence-corrected chi connectivity index (χ4v) is 2.58. The van der Waals surface area contributed by atoms with Crippen LogP contribution in [-0.4, -0.2) is 21.0 Å². The summed E-state index contributed by atoms with van der Waals surface area (Å²) >= 11 is 0. The number of hydrogen-bond acceptors (Lipinski definition) is 3. The van der Waals surface area contributed by atoms with Crippen molar-refractivity contribution in [1.29, 1.82) is 0 Å². The molecular weight excluding hydrogens is 242 g/mol. The monoisotopic (exact) mass is 259 g/mol. The number of aromatic nitrogens is 3. The van der Waals surface area contributed by atoms with Crippen molar-refractivity contribution in [2.75, 3.05) is 6.61 Å². The van der Waals surface area contributed by atoms with Crippen molar-refractivity contribution in [3.63, 3.8) is 0 Å². The fraction of sp³-hybridized carbons (Fsp3) is 0.429. The van der Waals surface area contributed by atoms with Crippen LogP contribution in [0.15, 0.2) is 23.3 Å². The van der Waals surface area contributed by atoms with E-state index >= 15 is 0 Å². The van der Waals surface area contributed by atoms with Crippen LogP contribution < -0.4 is 10.3 Å². The van der Waals surface area contributed by atoms with Crippen LogP contribution in [0.5, 0.6) is 5.75 Å². The van der Waals surface area contributed by atoms with Gasteiger partial charge in [-0.25, -0.2) is 0 Å². The molecule has 0 unspecified atom stereocenters. The molecule has 0 saturated carbocycles. The predicted molar refractivity (Wildman–Crippen MR) is 72.4 cm³/mol. The highest BCUT2D eigenvalue weighted by atomic mass is 16.5. The third-order valence-electron chi connectivity index (χ3n) is 3.51. The van der Waals surface area contributed by atoms with Gasteiger partial charge in [-0.2, -0.15) is 5.10 Å². The zero-order valence-corrected chi connectivity index (χ0v) is 11.2. The summed E-state index contributed by atoms with van der Waals surface area (Å²) in [5.41, 5.74) is 3.21. The van der Waals surface area contributed by atoms with Gasteiger partial charge in [0.1, 0.15) is 5.75 Å². The van der Waals surface area contributed by atoms with Crippen molar-refractivity contribution >= 4 is 0 Å². The minimum Gasteiger partial charge on any atom is -0.493 e. The highest BCUT2D eigenvalue weighted by Crippen LogP contribution is 2.33. The van der Waals surface area contributed by atoms with Gasteiger partial charge in [-0.15, -0.1) is 0 Å². The Hall–Kier alpha value is -2.04. The summed E-state index contributed by atoms with van der Waals surface area (Å²) in [6, 6.07) is 1.55. The SMILES string of the molecule is CCOc1cc(=O)n(C)cc1-c1cnn2c1CCC2. The second-order valence-corrected chi connectivity index (χ2v) is 4.77. The Morgan fingerprint density at radius 3 is 3.05 bits per heavy atom. The second kappa shape index (κ2) is 4.57. The van der Waals surface area contributed by atoms with Crippen LogP contribution in [0.25, 0.3) is 11.1 Å². The van der Waals surface area contributed by atoms with Gasteiger partial charge in [0.05, 0.1) is 12.8 Å². The Kier molecular flexibility index (Phi) is 2.89. The molecule has 100 valence electrons. The molecule has 0 spiro atoms. The lowest BCUT2D eigenvalue weighted by Gasteiger charge is -2.11. The lowest BCUT2D eigenvalue weighted by molar-refractivity contribution is 0.340. The van der Waals surface area contributed by atoms with Crippen LogP contribution in [0.3, 0.4) is 0 Å². The highest BCUT2D eigenvalue weighted by Gasteiger charge is 2.20. The van der Waals surface area contributed by atoms with Gasteiger partial charge in [0.15, 0.2) is 0 Å². The van der Waals surface area contributed by atoms with Crippen molar-refractivity contribution in [2.24, 2.45) is 7.05 Å². The summed E-state index contributed by atoms with van der Waals surface area (Å²) in [5.74, 6) is 0.647. The van der Waals surface area contributed by atoms with Crippen LogP contribution in [-0.2, 0) is 20.0 Å². The standard InChI is InChI=1S/C14H17N3O2/c1-3-19-13-7-14(18)16(2)9-11(13)10-8-15-17-6-4-5-12(10)17/h7-9H,3-6H2,1-2H3. The lowest BCUT2D eigenvalue weighted by atomic mass is 10.1. The number of rotatable bonds is 3. The smallest absolute Gasteiger partial charge is 0.254 e. The zero-order chi connectivity index (χ0) is 13.4. The molecule has 0 atom stereocenters. The van der Waals surface area contributed by atoms with Gasteiger partial charge in [0, 0.05) is 42.7 Å². The molecule has 3 heterocycles. The molecule has 5 heteroatoms. The van der Waals surface area contributed by atoms with E-state index in [1.807, 2.05) is 24.0 Å². The minimum atomic E-state index is -0.0592. The molecular formula is C14H17N3O2. The Labute approximate surface area is 111 Å². The van der Waals surface area contributed by atoms with E-state index in [0.29, 0.717) is 12.4 Å². The first-order chi connectivity index (χ1) is 9.20. The van der Waals surface area contributed by atoms with E-state index in [4.69, 9.17) is 4.74 Å². The molecule has 5 nitrogen and oxygen atoms in total. The molecule has 19 heavy (non-hydrogen) atoms. The maximum absolute atomic E-state index is 11.7. The summed E-state index contributed by atoms with van der Waals surface area (Å²) in [5, 5.41) is 4.40. The summed E-state index contributed by atoms with van der Waals surface area (Å²) in [6.45, 7) is 3.44. The molecule has 1 aliphatic heterocycles. The Bertz CT molecular complexity index is 670.